The number of hydrazone groups is 1. The van der Waals surface area contributed by atoms with Crippen molar-refractivity contribution in [2.24, 2.45) is 5.10 Å². The van der Waals surface area contributed by atoms with Gasteiger partial charge in [0.2, 0.25) is 0 Å². The minimum atomic E-state index is -0.168. The van der Waals surface area contributed by atoms with Crippen molar-refractivity contribution in [1.29, 1.82) is 5.26 Å². The number of carbonyl (C=O) groups is 1. The van der Waals surface area contributed by atoms with Crippen LogP contribution in [0, 0.1) is 11.3 Å². The van der Waals surface area contributed by atoms with Crippen LogP contribution < -0.4 is 14.5 Å². The van der Waals surface area contributed by atoms with Crippen LogP contribution in [0.15, 0.2) is 81.9 Å². The Morgan fingerprint density at radius 2 is 1.83 bits per heavy atom. The quantitative estimate of drug-likeness (QED) is 0.312. The summed E-state index contributed by atoms with van der Waals surface area (Å²) in [6.45, 7) is 2.29. The van der Waals surface area contributed by atoms with Crippen molar-refractivity contribution in [3.63, 3.8) is 0 Å². The highest BCUT2D eigenvalue weighted by molar-refractivity contribution is 9.10. The number of hydrogen-bond donors (Lipinski definition) is 0. The summed E-state index contributed by atoms with van der Waals surface area (Å²) < 4.78 is 12.3. The average molecular weight is 530 g/mol. The molecule has 1 heterocycles. The van der Waals surface area contributed by atoms with E-state index in [1.807, 2.05) is 66.7 Å². The maximum absolute atomic E-state index is 13.3. The number of halogens is 1. The van der Waals surface area contributed by atoms with Crippen LogP contribution in [0.4, 0.5) is 5.69 Å². The molecule has 6 nitrogen and oxygen atoms in total. The van der Waals surface area contributed by atoms with Crippen molar-refractivity contribution in [1.82, 2.24) is 0 Å². The van der Waals surface area contributed by atoms with E-state index in [1.54, 1.807) is 13.2 Å². The summed E-state index contributed by atoms with van der Waals surface area (Å²) in [5.41, 5.74) is 4.16. The Morgan fingerprint density at radius 3 is 2.54 bits per heavy atom. The van der Waals surface area contributed by atoms with Crippen LogP contribution in [0.3, 0.4) is 0 Å². The molecule has 3 aromatic carbocycles. The molecule has 0 radical (unpaired) electrons. The number of hydrogen-bond acceptors (Lipinski definition) is 5. The molecule has 0 aromatic heterocycles. The molecule has 0 unspecified atom stereocenters. The fraction of sp³-hybridized carbons (Fsp3) is 0.179. The standard InChI is InChI=1S/C28H24BrN3O3/c1-3-9-25-23(28(33)32(31-25)22-12-5-4-6-13-22)14-21-15-26(34-2)27(16-24(21)29)35-18-20-11-8-7-10-19(20)17-30/h4-8,10-16H,3,9,18H2,1-2H3. The molecule has 0 N–H and O–H groups in total. The van der Waals surface area contributed by atoms with E-state index in [4.69, 9.17) is 9.47 Å². The van der Waals surface area contributed by atoms with E-state index in [1.165, 1.54) is 5.01 Å². The fourth-order valence-electron chi connectivity index (χ4n) is 3.77. The van der Waals surface area contributed by atoms with Gasteiger partial charge in [-0.1, -0.05) is 65.7 Å². The zero-order valence-electron chi connectivity index (χ0n) is 19.5. The second-order valence-electron chi connectivity index (χ2n) is 7.89. The summed E-state index contributed by atoms with van der Waals surface area (Å²) in [4.78, 5) is 13.3. The maximum Gasteiger partial charge on any atom is 0.280 e. The van der Waals surface area contributed by atoms with Gasteiger partial charge in [-0.25, -0.2) is 0 Å². The highest BCUT2D eigenvalue weighted by Crippen LogP contribution is 2.36. The molecule has 1 amide bonds. The van der Waals surface area contributed by atoms with Crippen molar-refractivity contribution < 1.29 is 14.3 Å². The van der Waals surface area contributed by atoms with E-state index in [-0.39, 0.29) is 12.5 Å². The summed E-state index contributed by atoms with van der Waals surface area (Å²) in [6, 6.07) is 22.5. The maximum atomic E-state index is 13.3. The highest BCUT2D eigenvalue weighted by Gasteiger charge is 2.30. The van der Waals surface area contributed by atoms with E-state index in [0.29, 0.717) is 29.1 Å². The summed E-state index contributed by atoms with van der Waals surface area (Å²) >= 11 is 3.61. The van der Waals surface area contributed by atoms with Gasteiger partial charge in [0.1, 0.15) is 6.61 Å². The molecule has 7 heteroatoms. The molecule has 0 saturated heterocycles. The molecule has 0 saturated carbocycles. The van der Waals surface area contributed by atoms with Gasteiger partial charge in [-0.2, -0.15) is 15.4 Å². The molecule has 0 atom stereocenters. The molecule has 4 rings (SSSR count). The van der Waals surface area contributed by atoms with E-state index >= 15 is 0 Å². The number of ether oxygens (including phenoxy) is 2. The lowest BCUT2D eigenvalue weighted by atomic mass is 10.0. The molecule has 0 aliphatic carbocycles. The molecule has 1 aliphatic rings. The molecule has 3 aromatic rings. The second-order valence-corrected chi connectivity index (χ2v) is 8.74. The van der Waals surface area contributed by atoms with Crippen LogP contribution in [-0.2, 0) is 11.4 Å². The van der Waals surface area contributed by atoms with Crippen molar-refractivity contribution in [3.05, 3.63) is 93.5 Å². The number of benzene rings is 3. The van der Waals surface area contributed by atoms with Crippen molar-refractivity contribution >= 4 is 39.3 Å². The highest BCUT2D eigenvalue weighted by atomic mass is 79.9. The number of para-hydroxylation sites is 1. The predicted molar refractivity (Wildman–Crippen MR) is 140 cm³/mol. The molecule has 35 heavy (non-hydrogen) atoms. The van der Waals surface area contributed by atoms with Crippen LogP contribution in [0.25, 0.3) is 6.08 Å². The number of carbonyl (C=O) groups excluding carboxylic acids is 1. The Hall–Kier alpha value is -3.89. The smallest absolute Gasteiger partial charge is 0.280 e. The van der Waals surface area contributed by atoms with Gasteiger partial charge >= 0.3 is 0 Å². The number of nitriles is 1. The number of nitrogens with zero attached hydrogens (tertiary/aromatic N) is 3. The molecule has 0 spiro atoms. The zero-order valence-corrected chi connectivity index (χ0v) is 21.1. The lowest BCUT2D eigenvalue weighted by molar-refractivity contribution is -0.114. The Balaban J connectivity index is 1.64. The summed E-state index contributed by atoms with van der Waals surface area (Å²) in [6.07, 6.45) is 3.39. The Bertz CT molecular complexity index is 1340. The van der Waals surface area contributed by atoms with Gasteiger partial charge in [-0.3, -0.25) is 4.79 Å². The van der Waals surface area contributed by atoms with Crippen LogP contribution in [0.2, 0.25) is 0 Å². The molecule has 176 valence electrons. The average Bonchev–Trinajstić information content (AvgIpc) is 3.19. The minimum absolute atomic E-state index is 0.168. The third-order valence-electron chi connectivity index (χ3n) is 5.55. The van der Waals surface area contributed by atoms with Crippen LogP contribution >= 0.6 is 15.9 Å². The molecule has 1 aliphatic heterocycles. The van der Waals surface area contributed by atoms with Crippen LogP contribution in [0.5, 0.6) is 11.5 Å². The van der Waals surface area contributed by atoms with Gasteiger partial charge < -0.3 is 9.47 Å². The first-order chi connectivity index (χ1) is 17.0. The number of rotatable bonds is 8. The first kappa shape index (κ1) is 24.2. The predicted octanol–water partition coefficient (Wildman–Crippen LogP) is 6.49. The summed E-state index contributed by atoms with van der Waals surface area (Å²) in [7, 11) is 1.57. The van der Waals surface area contributed by atoms with Gasteiger partial charge in [-0.15, -0.1) is 0 Å². The van der Waals surface area contributed by atoms with Crippen molar-refractivity contribution in [3.8, 4) is 17.6 Å². The van der Waals surface area contributed by atoms with Gasteiger partial charge in [0, 0.05) is 10.0 Å². The zero-order chi connectivity index (χ0) is 24.8. The van der Waals surface area contributed by atoms with Gasteiger partial charge in [0.25, 0.3) is 5.91 Å². The third-order valence-corrected chi connectivity index (χ3v) is 6.23. The Kier molecular flexibility index (Phi) is 7.64. The largest absolute Gasteiger partial charge is 0.493 e. The third kappa shape index (κ3) is 5.28. The number of methoxy groups -OCH3 is 1. The minimum Gasteiger partial charge on any atom is -0.493 e. The van der Waals surface area contributed by atoms with Crippen molar-refractivity contribution in [2.75, 3.05) is 12.1 Å². The molecule has 0 bridgehead atoms. The Labute approximate surface area is 213 Å². The first-order valence-corrected chi connectivity index (χ1v) is 12.0. The number of amides is 1. The number of anilines is 1. The monoisotopic (exact) mass is 529 g/mol. The fourth-order valence-corrected chi connectivity index (χ4v) is 4.21. The summed E-state index contributed by atoms with van der Waals surface area (Å²) in [5.74, 6) is 0.883. The van der Waals surface area contributed by atoms with Gasteiger partial charge in [-0.05, 0) is 48.4 Å². The SMILES string of the molecule is CCCC1=NN(c2ccccc2)C(=O)C1=Cc1cc(OC)c(OCc2ccccc2C#N)cc1Br. The van der Waals surface area contributed by atoms with Gasteiger partial charge in [0.15, 0.2) is 11.5 Å². The molecular weight excluding hydrogens is 506 g/mol. The van der Waals surface area contributed by atoms with Crippen LogP contribution in [-0.4, -0.2) is 18.7 Å². The first-order valence-electron chi connectivity index (χ1n) is 11.2. The molecule has 0 fully saturated rings. The van der Waals surface area contributed by atoms with E-state index in [0.717, 1.165) is 33.4 Å². The van der Waals surface area contributed by atoms with E-state index < -0.39 is 0 Å². The normalized spacial score (nSPS) is 14.1. The lowest BCUT2D eigenvalue weighted by Crippen LogP contribution is -2.21. The van der Waals surface area contributed by atoms with Crippen LogP contribution in [0.1, 0.15) is 36.5 Å². The lowest BCUT2D eigenvalue weighted by Gasteiger charge is -2.14. The van der Waals surface area contributed by atoms with Gasteiger partial charge in [0.05, 0.1) is 35.7 Å². The second kappa shape index (κ2) is 11.0. The topological polar surface area (TPSA) is 74.9 Å². The Morgan fingerprint density at radius 1 is 1.09 bits per heavy atom. The van der Waals surface area contributed by atoms with Crippen molar-refractivity contribution in [2.45, 2.75) is 26.4 Å². The summed E-state index contributed by atoms with van der Waals surface area (Å²) in [5, 5.41) is 15.4. The van der Waals surface area contributed by atoms with E-state index in [9.17, 15) is 10.1 Å². The van der Waals surface area contributed by atoms with E-state index in [2.05, 4.69) is 34.0 Å². The molecular formula is C28H24BrN3O3.